The van der Waals surface area contributed by atoms with Gasteiger partial charge < -0.3 is 21.6 Å². The zero-order chi connectivity index (χ0) is 18.1. The van der Waals surface area contributed by atoms with E-state index in [0.29, 0.717) is 28.4 Å². The fourth-order valence-corrected chi connectivity index (χ4v) is 3.47. The number of aromatic hydroxyl groups is 1. The molecule has 0 spiro atoms. The smallest absolute Gasteiger partial charge is 0.127 e. The number of aromatic nitrogens is 2. The number of pyridine rings is 2. The summed E-state index contributed by atoms with van der Waals surface area (Å²) in [7, 11) is 0. The molecule has 1 aliphatic rings. The van der Waals surface area contributed by atoms with Crippen molar-refractivity contribution in [1.82, 2.24) is 15.3 Å². The van der Waals surface area contributed by atoms with Gasteiger partial charge in [0.15, 0.2) is 0 Å². The van der Waals surface area contributed by atoms with Crippen LogP contribution in [-0.2, 0) is 0 Å². The molecule has 0 aliphatic carbocycles. The van der Waals surface area contributed by atoms with Gasteiger partial charge in [0, 0.05) is 40.7 Å². The molecule has 2 aromatic heterocycles. The van der Waals surface area contributed by atoms with Crippen molar-refractivity contribution in [2.45, 2.75) is 18.8 Å². The topological polar surface area (TPSA) is 108 Å². The second-order valence-corrected chi connectivity index (χ2v) is 6.64. The Hall–Kier alpha value is -2.99. The van der Waals surface area contributed by atoms with Gasteiger partial charge in [0.05, 0.1) is 16.7 Å². The van der Waals surface area contributed by atoms with Gasteiger partial charge in [-0.15, -0.1) is 0 Å². The van der Waals surface area contributed by atoms with Crippen LogP contribution in [0.5, 0.6) is 5.75 Å². The minimum absolute atomic E-state index is 0.0548. The van der Waals surface area contributed by atoms with Crippen molar-refractivity contribution in [2.24, 2.45) is 0 Å². The zero-order valence-electron chi connectivity index (χ0n) is 14.4. The van der Waals surface area contributed by atoms with Crippen molar-refractivity contribution in [3.8, 4) is 17.0 Å². The largest absolute Gasteiger partial charge is 0.507 e. The van der Waals surface area contributed by atoms with E-state index in [1.54, 1.807) is 6.07 Å². The molecule has 0 saturated carbocycles. The highest BCUT2D eigenvalue weighted by Crippen LogP contribution is 2.33. The van der Waals surface area contributed by atoms with Gasteiger partial charge in [-0.2, -0.15) is 0 Å². The van der Waals surface area contributed by atoms with E-state index in [4.69, 9.17) is 16.1 Å². The summed E-state index contributed by atoms with van der Waals surface area (Å²) in [5.41, 5.74) is 10.7. The van der Waals surface area contributed by atoms with Gasteiger partial charge >= 0.3 is 0 Å². The van der Waals surface area contributed by atoms with Crippen molar-refractivity contribution in [3.05, 3.63) is 47.7 Å². The Balaban J connectivity index is 1.73. The fourth-order valence-electron chi connectivity index (χ4n) is 3.47. The molecule has 6 nitrogen and oxygen atoms in total. The Morgan fingerprint density at radius 3 is 2.58 bits per heavy atom. The molecule has 26 heavy (non-hydrogen) atoms. The Morgan fingerprint density at radius 2 is 1.81 bits per heavy atom. The first-order valence-corrected chi connectivity index (χ1v) is 8.77. The summed E-state index contributed by atoms with van der Waals surface area (Å²) in [6.07, 6.45) is 3.39. The zero-order valence-corrected chi connectivity index (χ0v) is 14.4. The molecule has 1 saturated heterocycles. The number of hydrogen-bond acceptors (Lipinski definition) is 6. The maximum absolute atomic E-state index is 10.2. The molecule has 0 amide bonds. The van der Waals surface area contributed by atoms with Gasteiger partial charge in [-0.1, -0.05) is 0 Å². The lowest BCUT2D eigenvalue weighted by Crippen LogP contribution is -2.27. The summed E-state index contributed by atoms with van der Waals surface area (Å²) in [6, 6.07) is 11.0. The van der Waals surface area contributed by atoms with Gasteiger partial charge in [0.1, 0.15) is 5.75 Å². The number of phenols is 1. The Labute approximate surface area is 151 Å². The average Bonchev–Trinajstić information content (AvgIpc) is 2.68. The van der Waals surface area contributed by atoms with Gasteiger partial charge in [0.25, 0.3) is 0 Å². The van der Waals surface area contributed by atoms with Crippen LogP contribution >= 0.6 is 0 Å². The molecule has 6 heteroatoms. The van der Waals surface area contributed by atoms with Crippen LogP contribution in [0, 0.1) is 5.41 Å². The molecule has 0 atom stereocenters. The van der Waals surface area contributed by atoms with Crippen molar-refractivity contribution in [2.75, 3.05) is 18.8 Å². The normalized spacial score (nSPS) is 15.2. The maximum atomic E-state index is 10.2. The van der Waals surface area contributed by atoms with E-state index < -0.39 is 0 Å². The van der Waals surface area contributed by atoms with Crippen LogP contribution in [0.3, 0.4) is 0 Å². The standard InChI is InChI=1S/C20H21N5O/c21-11-13-9-14(20(26)10-15(13)22)17-2-4-18-19(25-17)3-1-16(24-18)12-5-7-23-8-6-12/h1-4,9-12,21,23,26H,5-8,22H2. The summed E-state index contributed by atoms with van der Waals surface area (Å²) in [4.78, 5) is 9.44. The van der Waals surface area contributed by atoms with Crippen molar-refractivity contribution < 1.29 is 5.11 Å². The van der Waals surface area contributed by atoms with E-state index in [-0.39, 0.29) is 5.75 Å². The van der Waals surface area contributed by atoms with Crippen LogP contribution in [0.4, 0.5) is 5.69 Å². The van der Waals surface area contributed by atoms with Crippen molar-refractivity contribution >= 4 is 22.9 Å². The molecule has 0 radical (unpaired) electrons. The van der Waals surface area contributed by atoms with Gasteiger partial charge in [-0.25, -0.2) is 4.98 Å². The van der Waals surface area contributed by atoms with E-state index >= 15 is 0 Å². The number of hydrogen-bond donors (Lipinski definition) is 4. The van der Waals surface area contributed by atoms with Crippen LogP contribution in [0.2, 0.25) is 0 Å². The molecule has 0 unspecified atom stereocenters. The number of benzene rings is 1. The number of fused-ring (bicyclic) bond motifs is 1. The number of rotatable bonds is 3. The molecule has 1 aliphatic heterocycles. The molecule has 3 aromatic rings. The monoisotopic (exact) mass is 347 g/mol. The minimum Gasteiger partial charge on any atom is -0.507 e. The first-order chi connectivity index (χ1) is 12.7. The van der Waals surface area contributed by atoms with E-state index in [0.717, 1.165) is 42.7 Å². The predicted octanol–water partition coefficient (Wildman–Crippen LogP) is 3.05. The number of nitrogens with two attached hydrogens (primary N) is 1. The SMILES string of the molecule is N=Cc1cc(-c2ccc3nc(C4CCNCC4)ccc3n2)c(O)cc1N. The second-order valence-electron chi connectivity index (χ2n) is 6.64. The van der Waals surface area contributed by atoms with Crippen molar-refractivity contribution in [3.63, 3.8) is 0 Å². The molecule has 1 fully saturated rings. The molecule has 3 heterocycles. The highest BCUT2D eigenvalue weighted by atomic mass is 16.3. The Bertz CT molecular complexity index is 979. The number of nitrogens with zero attached hydrogens (tertiary/aromatic N) is 2. The van der Waals surface area contributed by atoms with Gasteiger partial charge in [-0.3, -0.25) is 4.98 Å². The Kier molecular flexibility index (Phi) is 4.26. The lowest BCUT2D eigenvalue weighted by atomic mass is 9.94. The predicted molar refractivity (Wildman–Crippen MR) is 104 cm³/mol. The summed E-state index contributed by atoms with van der Waals surface area (Å²) < 4.78 is 0. The summed E-state index contributed by atoms with van der Waals surface area (Å²) >= 11 is 0. The minimum atomic E-state index is 0.0548. The first kappa shape index (κ1) is 16.5. The summed E-state index contributed by atoms with van der Waals surface area (Å²) in [5, 5.41) is 21.1. The third kappa shape index (κ3) is 2.99. The number of piperidine rings is 1. The molecule has 132 valence electrons. The number of anilines is 1. The van der Waals surface area contributed by atoms with Gasteiger partial charge in [-0.05, 0) is 56.3 Å². The maximum Gasteiger partial charge on any atom is 0.127 e. The Morgan fingerprint density at radius 1 is 1.08 bits per heavy atom. The third-order valence-corrected chi connectivity index (χ3v) is 4.95. The third-order valence-electron chi connectivity index (χ3n) is 4.95. The summed E-state index contributed by atoms with van der Waals surface area (Å²) in [5.74, 6) is 0.552. The number of nitrogens with one attached hydrogen (secondary N) is 2. The van der Waals surface area contributed by atoms with Crippen LogP contribution in [-0.4, -0.2) is 34.4 Å². The first-order valence-electron chi connectivity index (χ1n) is 8.77. The molecular formula is C20H21N5O. The van der Waals surface area contributed by atoms with Crippen LogP contribution in [0.25, 0.3) is 22.3 Å². The molecular weight excluding hydrogens is 326 g/mol. The van der Waals surface area contributed by atoms with Crippen LogP contribution in [0.1, 0.15) is 30.0 Å². The highest BCUT2D eigenvalue weighted by Gasteiger charge is 2.17. The average molecular weight is 347 g/mol. The highest BCUT2D eigenvalue weighted by molar-refractivity contribution is 5.90. The van der Waals surface area contributed by atoms with Crippen LogP contribution in [0.15, 0.2) is 36.4 Å². The van der Waals surface area contributed by atoms with E-state index in [1.807, 2.05) is 18.2 Å². The fraction of sp³-hybridized carbons (Fsp3) is 0.250. The second kappa shape index (κ2) is 6.72. The lowest BCUT2D eigenvalue weighted by Gasteiger charge is -2.22. The molecule has 5 N–H and O–H groups in total. The van der Waals surface area contributed by atoms with Crippen LogP contribution < -0.4 is 11.1 Å². The molecule has 1 aromatic carbocycles. The molecule has 4 rings (SSSR count). The quantitative estimate of drug-likeness (QED) is 0.430. The van der Waals surface area contributed by atoms with Gasteiger partial charge in [0.2, 0.25) is 0 Å². The van der Waals surface area contributed by atoms with E-state index in [1.165, 1.54) is 12.3 Å². The van der Waals surface area contributed by atoms with E-state index in [9.17, 15) is 5.11 Å². The number of phenolic OH excluding ortho intramolecular Hbond substituents is 1. The molecule has 0 bridgehead atoms. The van der Waals surface area contributed by atoms with E-state index in [2.05, 4.69) is 16.4 Å². The number of nitrogen functional groups attached to an aromatic ring is 1. The van der Waals surface area contributed by atoms with Crippen molar-refractivity contribution in [1.29, 1.82) is 5.41 Å². The summed E-state index contributed by atoms with van der Waals surface area (Å²) in [6.45, 7) is 2.07. The lowest BCUT2D eigenvalue weighted by molar-refractivity contribution is 0.454.